The molecule has 98 valence electrons. The van der Waals surface area contributed by atoms with Gasteiger partial charge in [0.15, 0.2) is 0 Å². The number of nitrogens with one attached hydrogen (secondary N) is 1. The second-order valence-corrected chi connectivity index (χ2v) is 4.42. The Hall–Kier alpha value is -1.47. The zero-order valence-corrected chi connectivity index (χ0v) is 10.8. The molecular weight excluding hydrogens is 309 g/mol. The topological polar surface area (TPSA) is 86.6 Å². The first-order chi connectivity index (χ1) is 8.45. The van der Waals surface area contributed by atoms with Crippen LogP contribution in [0.15, 0.2) is 22.7 Å². The Bertz CT molecular complexity index is 466. The van der Waals surface area contributed by atoms with Crippen molar-refractivity contribution in [3.05, 3.63) is 34.1 Å². The summed E-state index contributed by atoms with van der Waals surface area (Å²) in [5.41, 5.74) is -0.256. The predicted octanol–water partition coefficient (Wildman–Crippen LogP) is 1.15. The number of carboxylic acid groups (broad SMARTS) is 1. The predicted molar refractivity (Wildman–Crippen MR) is 64.7 cm³/mol. The van der Waals surface area contributed by atoms with Crippen LogP contribution in [0.5, 0.6) is 0 Å². The van der Waals surface area contributed by atoms with Gasteiger partial charge in [0.2, 0.25) is 0 Å². The summed E-state index contributed by atoms with van der Waals surface area (Å²) in [5, 5.41) is 19.6. The number of carbonyl (C=O) groups excluding carboxylic acids is 1. The molecule has 0 fully saturated rings. The van der Waals surface area contributed by atoms with Crippen molar-refractivity contribution < 1.29 is 24.2 Å². The van der Waals surface area contributed by atoms with E-state index >= 15 is 0 Å². The summed E-state index contributed by atoms with van der Waals surface area (Å²) >= 11 is 3.09. The molecule has 1 aromatic carbocycles. The summed E-state index contributed by atoms with van der Waals surface area (Å²) in [7, 11) is 0. The van der Waals surface area contributed by atoms with Crippen molar-refractivity contribution in [2.24, 2.45) is 0 Å². The zero-order valence-electron chi connectivity index (χ0n) is 9.19. The fourth-order valence-corrected chi connectivity index (χ4v) is 1.66. The molecule has 0 spiro atoms. The zero-order chi connectivity index (χ0) is 13.7. The number of hydrogen-bond donors (Lipinski definition) is 3. The molecule has 1 unspecified atom stereocenters. The van der Waals surface area contributed by atoms with Gasteiger partial charge in [0.25, 0.3) is 5.91 Å². The molecule has 0 aliphatic carbocycles. The van der Waals surface area contributed by atoms with Gasteiger partial charge in [-0.2, -0.15) is 0 Å². The van der Waals surface area contributed by atoms with Crippen LogP contribution in [-0.2, 0) is 4.79 Å². The van der Waals surface area contributed by atoms with Gasteiger partial charge in [0.1, 0.15) is 11.9 Å². The van der Waals surface area contributed by atoms with Gasteiger partial charge in [0, 0.05) is 17.5 Å². The van der Waals surface area contributed by atoms with Crippen LogP contribution in [0, 0.1) is 5.82 Å². The molecule has 0 radical (unpaired) electrons. The average Bonchev–Trinajstić information content (AvgIpc) is 2.31. The maximum absolute atomic E-state index is 13.4. The second-order valence-electron chi connectivity index (χ2n) is 3.50. The van der Waals surface area contributed by atoms with Gasteiger partial charge in [-0.3, -0.25) is 4.79 Å². The molecule has 0 aliphatic heterocycles. The molecule has 1 amide bonds. The first-order valence-corrected chi connectivity index (χ1v) is 5.84. The van der Waals surface area contributed by atoms with Crippen LogP contribution in [0.1, 0.15) is 16.8 Å². The van der Waals surface area contributed by atoms with Crippen molar-refractivity contribution in [1.82, 2.24) is 5.32 Å². The maximum Gasteiger partial charge on any atom is 0.326 e. The standard InChI is InChI=1S/C11H11BrFNO4/c12-6-1-2-8(13)7(5-6)10(16)14-9(3-4-15)11(17)18/h1-2,5,9,15H,3-4H2,(H,14,16)(H,17,18). The lowest BCUT2D eigenvalue weighted by atomic mass is 10.1. The Morgan fingerprint density at radius 1 is 1.44 bits per heavy atom. The SMILES string of the molecule is O=C(NC(CCO)C(=O)O)c1cc(Br)ccc1F. The van der Waals surface area contributed by atoms with E-state index in [1.54, 1.807) is 0 Å². The third kappa shape index (κ3) is 3.78. The van der Waals surface area contributed by atoms with E-state index in [0.717, 1.165) is 6.07 Å². The summed E-state index contributed by atoms with van der Waals surface area (Å²) in [6.45, 7) is -0.391. The summed E-state index contributed by atoms with van der Waals surface area (Å²) < 4.78 is 13.9. The molecule has 1 aromatic rings. The molecule has 0 aromatic heterocycles. The van der Waals surface area contributed by atoms with Crippen LogP contribution < -0.4 is 5.32 Å². The number of amides is 1. The molecule has 0 saturated carbocycles. The van der Waals surface area contributed by atoms with Crippen molar-refractivity contribution >= 4 is 27.8 Å². The normalized spacial score (nSPS) is 11.9. The molecule has 0 bridgehead atoms. The highest BCUT2D eigenvalue weighted by Crippen LogP contribution is 2.15. The van der Waals surface area contributed by atoms with E-state index in [9.17, 15) is 14.0 Å². The first-order valence-electron chi connectivity index (χ1n) is 5.05. The van der Waals surface area contributed by atoms with Crippen molar-refractivity contribution in [1.29, 1.82) is 0 Å². The summed E-state index contributed by atoms with van der Waals surface area (Å²) in [6.07, 6.45) is -0.142. The number of halogens is 2. The number of aliphatic hydroxyl groups excluding tert-OH is 1. The Labute approximate surface area is 111 Å². The summed E-state index contributed by atoms with van der Waals surface area (Å²) in [5.74, 6) is -2.87. The minimum absolute atomic E-state index is 0.142. The molecule has 1 rings (SSSR count). The molecular formula is C11H11BrFNO4. The number of aliphatic hydroxyl groups is 1. The van der Waals surface area contributed by atoms with Gasteiger partial charge in [-0.05, 0) is 18.2 Å². The number of hydrogen-bond acceptors (Lipinski definition) is 3. The van der Waals surface area contributed by atoms with Gasteiger partial charge >= 0.3 is 5.97 Å². The molecule has 0 aliphatic rings. The molecule has 0 saturated heterocycles. The number of carbonyl (C=O) groups is 2. The Morgan fingerprint density at radius 3 is 2.67 bits per heavy atom. The van der Waals surface area contributed by atoms with Crippen LogP contribution >= 0.6 is 15.9 Å². The highest BCUT2D eigenvalue weighted by atomic mass is 79.9. The highest BCUT2D eigenvalue weighted by molar-refractivity contribution is 9.10. The van der Waals surface area contributed by atoms with Crippen molar-refractivity contribution in [2.45, 2.75) is 12.5 Å². The van der Waals surface area contributed by atoms with Gasteiger partial charge in [-0.1, -0.05) is 15.9 Å². The van der Waals surface area contributed by atoms with E-state index in [1.807, 2.05) is 0 Å². The second kappa shape index (κ2) is 6.46. The number of carboxylic acids is 1. The molecule has 1 atom stereocenters. The third-order valence-electron chi connectivity index (χ3n) is 2.19. The Balaban J connectivity index is 2.86. The quantitative estimate of drug-likeness (QED) is 0.760. The number of benzene rings is 1. The third-order valence-corrected chi connectivity index (χ3v) is 2.69. The molecule has 18 heavy (non-hydrogen) atoms. The summed E-state index contributed by atoms with van der Waals surface area (Å²) in [6, 6.07) is 2.53. The van der Waals surface area contributed by atoms with E-state index in [4.69, 9.17) is 10.2 Å². The minimum atomic E-state index is -1.28. The maximum atomic E-state index is 13.4. The van der Waals surface area contributed by atoms with E-state index < -0.39 is 30.3 Å². The van der Waals surface area contributed by atoms with Crippen LogP contribution in [0.4, 0.5) is 4.39 Å². The monoisotopic (exact) mass is 319 g/mol. The van der Waals surface area contributed by atoms with Crippen LogP contribution in [0.25, 0.3) is 0 Å². The largest absolute Gasteiger partial charge is 0.480 e. The molecule has 5 nitrogen and oxygen atoms in total. The number of aliphatic carboxylic acids is 1. The van der Waals surface area contributed by atoms with Crippen LogP contribution in [0.2, 0.25) is 0 Å². The number of rotatable bonds is 5. The van der Waals surface area contributed by atoms with Gasteiger partial charge in [0.05, 0.1) is 5.56 Å². The van der Waals surface area contributed by atoms with E-state index in [-0.39, 0.29) is 12.0 Å². The van der Waals surface area contributed by atoms with Crippen molar-refractivity contribution in [3.8, 4) is 0 Å². The van der Waals surface area contributed by atoms with E-state index in [1.165, 1.54) is 12.1 Å². The first kappa shape index (κ1) is 14.6. The van der Waals surface area contributed by atoms with Crippen LogP contribution in [0.3, 0.4) is 0 Å². The van der Waals surface area contributed by atoms with Crippen LogP contribution in [-0.4, -0.2) is 34.7 Å². The van der Waals surface area contributed by atoms with Gasteiger partial charge in [-0.25, -0.2) is 9.18 Å². The van der Waals surface area contributed by atoms with Gasteiger partial charge < -0.3 is 15.5 Å². The van der Waals surface area contributed by atoms with Crippen molar-refractivity contribution in [2.75, 3.05) is 6.61 Å². The Morgan fingerprint density at radius 2 is 2.11 bits per heavy atom. The van der Waals surface area contributed by atoms with E-state index in [0.29, 0.717) is 4.47 Å². The minimum Gasteiger partial charge on any atom is -0.480 e. The van der Waals surface area contributed by atoms with E-state index in [2.05, 4.69) is 21.2 Å². The fourth-order valence-electron chi connectivity index (χ4n) is 1.29. The molecule has 0 heterocycles. The fraction of sp³-hybridized carbons (Fsp3) is 0.273. The molecule has 3 N–H and O–H groups in total. The summed E-state index contributed by atoms with van der Waals surface area (Å²) in [4.78, 5) is 22.5. The lowest BCUT2D eigenvalue weighted by molar-refractivity contribution is -0.139. The van der Waals surface area contributed by atoms with Crippen molar-refractivity contribution in [3.63, 3.8) is 0 Å². The smallest absolute Gasteiger partial charge is 0.326 e. The molecule has 7 heteroatoms. The average molecular weight is 320 g/mol. The Kier molecular flexibility index (Phi) is 5.24. The lowest BCUT2D eigenvalue weighted by Crippen LogP contribution is -2.41. The van der Waals surface area contributed by atoms with Gasteiger partial charge in [-0.15, -0.1) is 0 Å². The lowest BCUT2D eigenvalue weighted by Gasteiger charge is -2.13. The highest BCUT2D eigenvalue weighted by Gasteiger charge is 2.21.